The van der Waals surface area contributed by atoms with E-state index in [0.29, 0.717) is 39.2 Å². The molecule has 0 aliphatic rings. The van der Waals surface area contributed by atoms with Crippen molar-refractivity contribution < 1.29 is 28.6 Å². The standard InChI is InChI=1S/C25H22ClN3O6/c1-15(16-8-10-17(11-9-16)35-25(32)19-6-4-5-7-20(19)26)28-29-24(31)23(30)27-21-13-12-18(33-2)14-22(21)34-3/h4-14H,1-3H3,(H,27,30)(H,29,31)/b28-15+. The molecule has 9 nitrogen and oxygen atoms in total. The van der Waals surface area contributed by atoms with Crippen molar-refractivity contribution in [1.82, 2.24) is 5.43 Å². The molecule has 0 bridgehead atoms. The third-order valence-corrected chi connectivity index (χ3v) is 5.09. The van der Waals surface area contributed by atoms with Gasteiger partial charge in [-0.1, -0.05) is 23.7 Å². The van der Waals surface area contributed by atoms with Gasteiger partial charge in [0.05, 0.1) is 36.2 Å². The normalized spacial score (nSPS) is 10.8. The van der Waals surface area contributed by atoms with Crippen LogP contribution in [-0.2, 0) is 9.59 Å². The van der Waals surface area contributed by atoms with Crippen LogP contribution in [0.2, 0.25) is 5.02 Å². The first-order chi connectivity index (χ1) is 16.8. The number of halogens is 1. The van der Waals surface area contributed by atoms with Gasteiger partial charge in [0.15, 0.2) is 0 Å². The van der Waals surface area contributed by atoms with Gasteiger partial charge in [-0.2, -0.15) is 5.10 Å². The second kappa shape index (κ2) is 11.7. The molecule has 0 spiro atoms. The van der Waals surface area contributed by atoms with E-state index in [1.807, 2.05) is 0 Å². The van der Waals surface area contributed by atoms with E-state index in [2.05, 4.69) is 15.8 Å². The molecule has 35 heavy (non-hydrogen) atoms. The number of methoxy groups -OCH3 is 2. The molecule has 0 aromatic heterocycles. The Morgan fingerprint density at radius 1 is 0.857 bits per heavy atom. The van der Waals surface area contributed by atoms with E-state index >= 15 is 0 Å². The summed E-state index contributed by atoms with van der Waals surface area (Å²) in [5.74, 6) is -1.29. The maximum atomic E-state index is 12.3. The van der Waals surface area contributed by atoms with E-state index in [4.69, 9.17) is 25.8 Å². The molecule has 0 aliphatic carbocycles. The van der Waals surface area contributed by atoms with Crippen LogP contribution in [0.4, 0.5) is 5.69 Å². The highest BCUT2D eigenvalue weighted by molar-refractivity contribution is 6.39. The highest BCUT2D eigenvalue weighted by Gasteiger charge is 2.16. The molecule has 0 aliphatic heterocycles. The number of hydrogen-bond acceptors (Lipinski definition) is 7. The Morgan fingerprint density at radius 3 is 2.20 bits per heavy atom. The average molecular weight is 496 g/mol. The summed E-state index contributed by atoms with van der Waals surface area (Å²) < 4.78 is 15.6. The molecule has 2 N–H and O–H groups in total. The third-order valence-electron chi connectivity index (χ3n) is 4.76. The van der Waals surface area contributed by atoms with E-state index in [-0.39, 0.29) is 5.56 Å². The fourth-order valence-corrected chi connectivity index (χ4v) is 3.10. The number of anilines is 1. The van der Waals surface area contributed by atoms with Crippen molar-refractivity contribution >= 4 is 40.8 Å². The molecule has 0 fully saturated rings. The van der Waals surface area contributed by atoms with Gasteiger partial charge in [0.25, 0.3) is 0 Å². The highest BCUT2D eigenvalue weighted by Crippen LogP contribution is 2.29. The van der Waals surface area contributed by atoms with Crippen LogP contribution in [0.1, 0.15) is 22.8 Å². The van der Waals surface area contributed by atoms with Crippen molar-refractivity contribution in [3.63, 3.8) is 0 Å². The number of rotatable bonds is 7. The predicted octanol–water partition coefficient (Wildman–Crippen LogP) is 4.06. The SMILES string of the molecule is COc1ccc(NC(=O)C(=O)N/N=C(\C)c2ccc(OC(=O)c3ccccc3Cl)cc2)c(OC)c1. The number of esters is 1. The summed E-state index contributed by atoms with van der Waals surface area (Å²) in [5.41, 5.74) is 3.83. The molecule has 10 heteroatoms. The lowest BCUT2D eigenvalue weighted by atomic mass is 10.1. The summed E-state index contributed by atoms with van der Waals surface area (Å²) in [7, 11) is 2.93. The number of benzene rings is 3. The van der Waals surface area contributed by atoms with E-state index in [0.717, 1.165) is 0 Å². The van der Waals surface area contributed by atoms with Crippen LogP contribution < -0.4 is 25.0 Å². The zero-order valence-electron chi connectivity index (χ0n) is 19.1. The van der Waals surface area contributed by atoms with Gasteiger partial charge in [-0.25, -0.2) is 10.2 Å². The first-order valence-electron chi connectivity index (χ1n) is 10.3. The van der Waals surface area contributed by atoms with Crippen molar-refractivity contribution in [3.8, 4) is 17.2 Å². The summed E-state index contributed by atoms with van der Waals surface area (Å²) in [4.78, 5) is 36.7. The zero-order chi connectivity index (χ0) is 25.4. The fraction of sp³-hybridized carbons (Fsp3) is 0.120. The minimum atomic E-state index is -0.965. The van der Waals surface area contributed by atoms with E-state index in [9.17, 15) is 14.4 Å². The molecule has 180 valence electrons. The van der Waals surface area contributed by atoms with Gasteiger partial charge in [0.2, 0.25) is 0 Å². The second-order valence-electron chi connectivity index (χ2n) is 7.05. The molecule has 2 amide bonds. The van der Waals surface area contributed by atoms with Crippen molar-refractivity contribution in [2.45, 2.75) is 6.92 Å². The Hall–Kier alpha value is -4.37. The van der Waals surface area contributed by atoms with Crippen LogP contribution in [0, 0.1) is 0 Å². The Kier molecular flexibility index (Phi) is 8.42. The summed E-state index contributed by atoms with van der Waals surface area (Å²) in [5, 5.41) is 6.71. The third kappa shape index (κ3) is 6.58. The molecule has 0 atom stereocenters. The van der Waals surface area contributed by atoms with Gasteiger partial charge in [0, 0.05) is 6.07 Å². The van der Waals surface area contributed by atoms with Crippen LogP contribution >= 0.6 is 11.6 Å². The number of hydrazone groups is 1. The summed E-state index contributed by atoms with van der Waals surface area (Å²) in [6, 6.07) is 17.8. The first kappa shape index (κ1) is 25.3. The first-order valence-corrected chi connectivity index (χ1v) is 10.6. The smallest absolute Gasteiger partial charge is 0.345 e. The summed E-state index contributed by atoms with van der Waals surface area (Å²) in [6.45, 7) is 1.65. The van der Waals surface area contributed by atoms with Gasteiger partial charge in [-0.15, -0.1) is 0 Å². The summed E-state index contributed by atoms with van der Waals surface area (Å²) >= 11 is 6.02. The van der Waals surface area contributed by atoms with Crippen LogP contribution in [0.5, 0.6) is 17.2 Å². The molecule has 3 rings (SSSR count). The van der Waals surface area contributed by atoms with Crippen LogP contribution in [0.25, 0.3) is 0 Å². The molecule has 0 saturated carbocycles. The van der Waals surface area contributed by atoms with Gasteiger partial charge in [-0.05, 0) is 61.0 Å². The monoisotopic (exact) mass is 495 g/mol. The van der Waals surface area contributed by atoms with Gasteiger partial charge < -0.3 is 19.5 Å². The number of nitrogens with one attached hydrogen (secondary N) is 2. The molecule has 3 aromatic rings. The minimum absolute atomic E-state index is 0.254. The minimum Gasteiger partial charge on any atom is -0.497 e. The van der Waals surface area contributed by atoms with Crippen molar-refractivity contribution in [1.29, 1.82) is 0 Å². The Morgan fingerprint density at radius 2 is 1.54 bits per heavy atom. The van der Waals surface area contributed by atoms with Crippen LogP contribution in [0.15, 0.2) is 71.8 Å². The van der Waals surface area contributed by atoms with Crippen molar-refractivity contribution in [3.05, 3.63) is 82.9 Å². The number of carbonyl (C=O) groups excluding carboxylic acids is 3. The zero-order valence-corrected chi connectivity index (χ0v) is 19.9. The lowest BCUT2D eigenvalue weighted by Gasteiger charge is -2.11. The lowest BCUT2D eigenvalue weighted by Crippen LogP contribution is -2.33. The maximum Gasteiger partial charge on any atom is 0.345 e. The second-order valence-corrected chi connectivity index (χ2v) is 7.46. The quantitative estimate of drug-likeness (QED) is 0.168. The van der Waals surface area contributed by atoms with Crippen molar-refractivity contribution in [2.75, 3.05) is 19.5 Å². The topological polar surface area (TPSA) is 115 Å². The Bertz CT molecular complexity index is 1270. The molecule has 3 aromatic carbocycles. The number of ether oxygens (including phenoxy) is 3. The number of hydrogen-bond donors (Lipinski definition) is 2. The Labute approximate surface area is 206 Å². The molecule has 0 heterocycles. The molecule has 0 saturated heterocycles. The summed E-state index contributed by atoms with van der Waals surface area (Å²) in [6.07, 6.45) is 0. The largest absolute Gasteiger partial charge is 0.497 e. The van der Waals surface area contributed by atoms with Gasteiger partial charge in [0.1, 0.15) is 17.2 Å². The van der Waals surface area contributed by atoms with Gasteiger partial charge >= 0.3 is 17.8 Å². The lowest BCUT2D eigenvalue weighted by molar-refractivity contribution is -0.136. The highest BCUT2D eigenvalue weighted by atomic mass is 35.5. The molecular formula is C25H22ClN3O6. The van der Waals surface area contributed by atoms with E-state index in [1.165, 1.54) is 14.2 Å². The van der Waals surface area contributed by atoms with Crippen LogP contribution in [0.3, 0.4) is 0 Å². The average Bonchev–Trinajstić information content (AvgIpc) is 2.87. The number of amides is 2. The number of nitrogens with zero attached hydrogens (tertiary/aromatic N) is 1. The molecular weight excluding hydrogens is 474 g/mol. The van der Waals surface area contributed by atoms with Crippen molar-refractivity contribution in [2.24, 2.45) is 5.10 Å². The predicted molar refractivity (Wildman–Crippen MR) is 131 cm³/mol. The molecule has 0 unspecified atom stereocenters. The van der Waals surface area contributed by atoms with E-state index in [1.54, 1.807) is 73.7 Å². The van der Waals surface area contributed by atoms with Gasteiger partial charge in [-0.3, -0.25) is 9.59 Å². The van der Waals surface area contributed by atoms with Crippen LogP contribution in [-0.4, -0.2) is 37.7 Å². The fourth-order valence-electron chi connectivity index (χ4n) is 2.88. The Balaban J connectivity index is 1.59. The molecule has 0 radical (unpaired) electrons. The number of carbonyl (C=O) groups is 3. The van der Waals surface area contributed by atoms with E-state index < -0.39 is 17.8 Å². The maximum absolute atomic E-state index is 12.3.